The molecule has 15 heavy (non-hydrogen) atoms. The lowest BCUT2D eigenvalue weighted by Gasteiger charge is -2.12. The van der Waals surface area contributed by atoms with Gasteiger partial charge < -0.3 is 10.6 Å². The van der Waals surface area contributed by atoms with Crippen LogP contribution in [0.4, 0.5) is 0 Å². The second kappa shape index (κ2) is 5.88. The molecule has 0 aliphatic rings. The van der Waals surface area contributed by atoms with Crippen LogP contribution in [0.5, 0.6) is 0 Å². The summed E-state index contributed by atoms with van der Waals surface area (Å²) in [6.45, 7) is 7.34. The second-order valence-corrected chi connectivity index (χ2v) is 4.52. The molecule has 1 heterocycles. The summed E-state index contributed by atoms with van der Waals surface area (Å²) in [5.74, 6) is 0.0618. The Kier molecular flexibility index (Phi) is 4.78. The van der Waals surface area contributed by atoms with Gasteiger partial charge in [-0.25, -0.2) is 0 Å². The van der Waals surface area contributed by atoms with E-state index in [0.29, 0.717) is 6.54 Å². The molecule has 0 radical (unpaired) electrons. The van der Waals surface area contributed by atoms with Crippen molar-refractivity contribution in [3.8, 4) is 0 Å². The van der Waals surface area contributed by atoms with E-state index >= 15 is 0 Å². The highest BCUT2D eigenvalue weighted by atomic mass is 32.1. The second-order valence-electron chi connectivity index (χ2n) is 3.52. The zero-order chi connectivity index (χ0) is 11.3. The van der Waals surface area contributed by atoms with Gasteiger partial charge in [-0.15, -0.1) is 11.3 Å². The Morgan fingerprint density at radius 3 is 2.87 bits per heavy atom. The van der Waals surface area contributed by atoms with Crippen molar-refractivity contribution in [2.45, 2.75) is 33.4 Å². The molecule has 1 atom stereocenters. The van der Waals surface area contributed by atoms with Crippen LogP contribution < -0.4 is 10.6 Å². The number of carbonyl (C=O) groups is 1. The Morgan fingerprint density at radius 1 is 1.60 bits per heavy atom. The standard InChI is InChI=1S/C11H18N2OS/c1-4-12-11(14)9(3)13-7-10-8(2)5-6-15-10/h5-6,9,13H,4,7H2,1-3H3,(H,12,14). The average Bonchev–Trinajstić information content (AvgIpc) is 2.61. The number of thiophene rings is 1. The lowest BCUT2D eigenvalue weighted by molar-refractivity contribution is -0.122. The third kappa shape index (κ3) is 3.64. The summed E-state index contributed by atoms with van der Waals surface area (Å²) >= 11 is 1.72. The molecule has 0 aliphatic heterocycles. The molecular weight excluding hydrogens is 208 g/mol. The number of likely N-dealkylation sites (N-methyl/N-ethyl adjacent to an activating group) is 1. The molecule has 0 fully saturated rings. The maximum Gasteiger partial charge on any atom is 0.236 e. The van der Waals surface area contributed by atoms with E-state index in [1.54, 1.807) is 11.3 Å². The van der Waals surface area contributed by atoms with Gasteiger partial charge in [0, 0.05) is 18.0 Å². The highest BCUT2D eigenvalue weighted by molar-refractivity contribution is 7.10. The summed E-state index contributed by atoms with van der Waals surface area (Å²) in [5.41, 5.74) is 1.29. The Bertz CT molecular complexity index is 322. The van der Waals surface area contributed by atoms with E-state index < -0.39 is 0 Å². The van der Waals surface area contributed by atoms with Gasteiger partial charge in [0.1, 0.15) is 0 Å². The topological polar surface area (TPSA) is 41.1 Å². The summed E-state index contributed by atoms with van der Waals surface area (Å²) in [6.07, 6.45) is 0. The molecule has 1 amide bonds. The van der Waals surface area contributed by atoms with Gasteiger partial charge in [0.05, 0.1) is 6.04 Å². The fourth-order valence-corrected chi connectivity index (χ4v) is 2.11. The molecular formula is C11H18N2OS. The molecule has 2 N–H and O–H groups in total. The number of amides is 1. The predicted molar refractivity (Wildman–Crippen MR) is 64.0 cm³/mol. The summed E-state index contributed by atoms with van der Waals surface area (Å²) in [7, 11) is 0. The molecule has 0 saturated heterocycles. The van der Waals surface area contributed by atoms with E-state index in [1.165, 1.54) is 10.4 Å². The van der Waals surface area contributed by atoms with Gasteiger partial charge in [0.2, 0.25) is 5.91 Å². The van der Waals surface area contributed by atoms with Crippen molar-refractivity contribution in [3.63, 3.8) is 0 Å². The van der Waals surface area contributed by atoms with Crippen molar-refractivity contribution in [3.05, 3.63) is 21.9 Å². The highest BCUT2D eigenvalue weighted by Crippen LogP contribution is 2.14. The van der Waals surface area contributed by atoms with Crippen LogP contribution in [0.1, 0.15) is 24.3 Å². The van der Waals surface area contributed by atoms with Crippen LogP contribution in [0, 0.1) is 6.92 Å². The molecule has 0 aliphatic carbocycles. The SMILES string of the molecule is CCNC(=O)C(C)NCc1sccc1C. The Labute approximate surface area is 94.9 Å². The lowest BCUT2D eigenvalue weighted by atomic mass is 10.2. The fraction of sp³-hybridized carbons (Fsp3) is 0.545. The molecule has 1 unspecified atom stereocenters. The van der Waals surface area contributed by atoms with E-state index in [2.05, 4.69) is 29.0 Å². The minimum absolute atomic E-state index is 0.0618. The van der Waals surface area contributed by atoms with Gasteiger partial charge in [-0.3, -0.25) is 4.79 Å². The van der Waals surface area contributed by atoms with Crippen molar-refractivity contribution >= 4 is 17.2 Å². The first-order valence-electron chi connectivity index (χ1n) is 5.19. The van der Waals surface area contributed by atoms with Crippen molar-refractivity contribution in [2.75, 3.05) is 6.54 Å². The van der Waals surface area contributed by atoms with E-state index in [4.69, 9.17) is 0 Å². The number of hydrogen-bond acceptors (Lipinski definition) is 3. The molecule has 0 saturated carbocycles. The number of carbonyl (C=O) groups excluding carboxylic acids is 1. The molecule has 0 aromatic carbocycles. The molecule has 0 spiro atoms. The maximum absolute atomic E-state index is 11.4. The zero-order valence-electron chi connectivity index (χ0n) is 9.46. The number of nitrogens with one attached hydrogen (secondary N) is 2. The molecule has 1 aromatic heterocycles. The quantitative estimate of drug-likeness (QED) is 0.802. The molecule has 0 bridgehead atoms. The van der Waals surface area contributed by atoms with E-state index in [0.717, 1.165) is 6.54 Å². The molecule has 1 aromatic rings. The van der Waals surface area contributed by atoms with Crippen LogP contribution in [0.25, 0.3) is 0 Å². The fourth-order valence-electron chi connectivity index (χ4n) is 1.25. The number of hydrogen-bond donors (Lipinski definition) is 2. The van der Waals surface area contributed by atoms with Crippen molar-refractivity contribution < 1.29 is 4.79 Å². The van der Waals surface area contributed by atoms with Crippen LogP contribution in [-0.4, -0.2) is 18.5 Å². The van der Waals surface area contributed by atoms with Gasteiger partial charge in [-0.2, -0.15) is 0 Å². The normalized spacial score (nSPS) is 12.5. The third-order valence-electron chi connectivity index (χ3n) is 2.28. The third-order valence-corrected chi connectivity index (χ3v) is 3.30. The largest absolute Gasteiger partial charge is 0.355 e. The van der Waals surface area contributed by atoms with Crippen LogP contribution >= 0.6 is 11.3 Å². The predicted octanol–water partition coefficient (Wildman–Crippen LogP) is 1.67. The van der Waals surface area contributed by atoms with Crippen LogP contribution in [0.3, 0.4) is 0 Å². The minimum Gasteiger partial charge on any atom is -0.355 e. The molecule has 3 nitrogen and oxygen atoms in total. The number of aryl methyl sites for hydroxylation is 1. The molecule has 84 valence electrons. The van der Waals surface area contributed by atoms with E-state index in [-0.39, 0.29) is 11.9 Å². The first-order valence-corrected chi connectivity index (χ1v) is 6.07. The minimum atomic E-state index is -0.133. The summed E-state index contributed by atoms with van der Waals surface area (Å²) in [5, 5.41) is 8.07. The van der Waals surface area contributed by atoms with Gasteiger partial charge in [-0.05, 0) is 37.8 Å². The van der Waals surface area contributed by atoms with Crippen molar-refractivity contribution in [1.29, 1.82) is 0 Å². The van der Waals surface area contributed by atoms with Crippen LogP contribution in [0.2, 0.25) is 0 Å². The zero-order valence-corrected chi connectivity index (χ0v) is 10.3. The Balaban J connectivity index is 2.37. The smallest absolute Gasteiger partial charge is 0.236 e. The van der Waals surface area contributed by atoms with Gasteiger partial charge in [0.15, 0.2) is 0 Å². The Hall–Kier alpha value is -0.870. The summed E-state index contributed by atoms with van der Waals surface area (Å²) in [6, 6.07) is 1.96. The van der Waals surface area contributed by atoms with Gasteiger partial charge in [-0.1, -0.05) is 0 Å². The monoisotopic (exact) mass is 226 g/mol. The average molecular weight is 226 g/mol. The molecule has 4 heteroatoms. The molecule has 1 rings (SSSR count). The first-order chi connectivity index (χ1) is 7.15. The first kappa shape index (κ1) is 12.2. The van der Waals surface area contributed by atoms with E-state index in [1.807, 2.05) is 13.8 Å². The van der Waals surface area contributed by atoms with E-state index in [9.17, 15) is 4.79 Å². The van der Waals surface area contributed by atoms with Gasteiger partial charge >= 0.3 is 0 Å². The van der Waals surface area contributed by atoms with Crippen LogP contribution in [-0.2, 0) is 11.3 Å². The summed E-state index contributed by atoms with van der Waals surface area (Å²) in [4.78, 5) is 12.7. The lowest BCUT2D eigenvalue weighted by Crippen LogP contribution is -2.41. The van der Waals surface area contributed by atoms with Crippen molar-refractivity contribution in [1.82, 2.24) is 10.6 Å². The van der Waals surface area contributed by atoms with Crippen LogP contribution in [0.15, 0.2) is 11.4 Å². The summed E-state index contributed by atoms with van der Waals surface area (Å²) < 4.78 is 0. The van der Waals surface area contributed by atoms with Gasteiger partial charge in [0.25, 0.3) is 0 Å². The van der Waals surface area contributed by atoms with Crippen molar-refractivity contribution in [2.24, 2.45) is 0 Å². The highest BCUT2D eigenvalue weighted by Gasteiger charge is 2.11. The number of rotatable bonds is 5. The Morgan fingerprint density at radius 2 is 2.33 bits per heavy atom. The maximum atomic E-state index is 11.4.